The minimum absolute atomic E-state index is 0.315. The quantitative estimate of drug-likeness (QED) is 0.564. The van der Waals surface area contributed by atoms with Crippen molar-refractivity contribution in [2.24, 2.45) is 0 Å². The molecule has 0 aliphatic carbocycles. The molecule has 3 aromatic rings. The maximum Gasteiger partial charge on any atom is 0.255 e. The molecule has 2 heterocycles. The molecular weight excluding hydrogens is 426 g/mol. The second-order valence-electron chi connectivity index (χ2n) is 7.21. The second-order valence-corrected chi connectivity index (χ2v) is 7.21. The Kier molecular flexibility index (Phi) is 6.07. The summed E-state index contributed by atoms with van der Waals surface area (Å²) in [5.41, 5.74) is 2.36. The first-order valence-corrected chi connectivity index (χ1v) is 10.1. The van der Waals surface area contributed by atoms with Crippen molar-refractivity contribution in [2.75, 3.05) is 39.1 Å². The van der Waals surface area contributed by atoms with Gasteiger partial charge in [0.2, 0.25) is 11.7 Å². The topological polar surface area (TPSA) is 109 Å². The molecule has 1 aliphatic heterocycles. The van der Waals surface area contributed by atoms with Crippen LogP contribution < -0.4 is 29.6 Å². The highest BCUT2D eigenvalue weighted by Gasteiger charge is 2.35. The first-order chi connectivity index (χ1) is 16.0. The molecule has 2 N–H and O–H groups in total. The van der Waals surface area contributed by atoms with Crippen LogP contribution in [0.3, 0.4) is 0 Å². The van der Waals surface area contributed by atoms with Crippen LogP contribution in [0.15, 0.2) is 54.0 Å². The number of carbonyl (C=O) groups is 1. The fraction of sp³-hybridized carbons (Fsp3) is 0.261. The zero-order valence-corrected chi connectivity index (χ0v) is 19.0. The Morgan fingerprint density at radius 3 is 2.30 bits per heavy atom. The number of methoxy groups -OCH3 is 4. The van der Waals surface area contributed by atoms with Crippen LogP contribution in [-0.4, -0.2) is 49.1 Å². The molecule has 172 valence electrons. The monoisotopic (exact) mass is 451 g/mol. The van der Waals surface area contributed by atoms with Crippen LogP contribution in [0.5, 0.6) is 23.0 Å². The maximum atomic E-state index is 13.6. The molecule has 33 heavy (non-hydrogen) atoms. The largest absolute Gasteiger partial charge is 0.495 e. The summed E-state index contributed by atoms with van der Waals surface area (Å²) in [5.74, 6) is 2.14. The summed E-state index contributed by atoms with van der Waals surface area (Å²) in [5, 5.41) is 10.5. The first-order valence-electron chi connectivity index (χ1n) is 10.1. The zero-order valence-electron chi connectivity index (χ0n) is 19.0. The van der Waals surface area contributed by atoms with Gasteiger partial charge in [0.05, 0.1) is 39.7 Å². The average molecular weight is 451 g/mol. The Morgan fingerprint density at radius 1 is 1.00 bits per heavy atom. The molecule has 0 saturated heterocycles. The van der Waals surface area contributed by atoms with Crippen LogP contribution >= 0.6 is 0 Å². The maximum absolute atomic E-state index is 13.6. The number of para-hydroxylation sites is 2. The third-order valence-electron chi connectivity index (χ3n) is 5.40. The molecule has 1 amide bonds. The zero-order chi connectivity index (χ0) is 23.5. The number of carbonyl (C=O) groups excluding carboxylic acids is 1. The van der Waals surface area contributed by atoms with Gasteiger partial charge in [0.25, 0.3) is 5.91 Å². The molecule has 1 aliphatic rings. The van der Waals surface area contributed by atoms with Crippen LogP contribution in [0.1, 0.15) is 18.5 Å². The van der Waals surface area contributed by atoms with E-state index < -0.39 is 6.04 Å². The van der Waals surface area contributed by atoms with Gasteiger partial charge in [0.1, 0.15) is 18.1 Å². The number of anilines is 2. The van der Waals surface area contributed by atoms with Crippen molar-refractivity contribution >= 4 is 17.5 Å². The van der Waals surface area contributed by atoms with Crippen molar-refractivity contribution in [3.05, 3.63) is 59.6 Å². The van der Waals surface area contributed by atoms with Crippen molar-refractivity contribution in [2.45, 2.75) is 13.0 Å². The van der Waals surface area contributed by atoms with E-state index in [0.717, 1.165) is 0 Å². The third-order valence-corrected chi connectivity index (χ3v) is 5.40. The molecule has 2 aromatic carbocycles. The van der Waals surface area contributed by atoms with Crippen LogP contribution in [0.25, 0.3) is 0 Å². The number of amides is 1. The van der Waals surface area contributed by atoms with Gasteiger partial charge in [-0.1, -0.05) is 12.1 Å². The Labute approximate surface area is 191 Å². The Hall–Kier alpha value is -4.21. The summed E-state index contributed by atoms with van der Waals surface area (Å²) in [4.78, 5) is 17.9. The first kappa shape index (κ1) is 22.0. The van der Waals surface area contributed by atoms with E-state index in [1.807, 2.05) is 19.1 Å². The normalized spacial score (nSPS) is 14.8. The summed E-state index contributed by atoms with van der Waals surface area (Å²) in [6.07, 6.45) is 1.43. The number of aromatic nitrogens is 3. The Balaban J connectivity index is 1.84. The average Bonchev–Trinajstić information content (AvgIpc) is 3.30. The molecular formula is C23H25N5O5. The third kappa shape index (κ3) is 3.91. The van der Waals surface area contributed by atoms with Gasteiger partial charge >= 0.3 is 0 Å². The summed E-state index contributed by atoms with van der Waals surface area (Å²) in [6.45, 7) is 1.82. The van der Waals surface area contributed by atoms with Crippen molar-refractivity contribution in [3.8, 4) is 23.0 Å². The molecule has 0 radical (unpaired) electrons. The minimum Gasteiger partial charge on any atom is -0.495 e. The number of fused-ring (bicyclic) bond motifs is 1. The number of nitrogens with zero attached hydrogens (tertiary/aromatic N) is 3. The van der Waals surface area contributed by atoms with Crippen LogP contribution in [0, 0.1) is 0 Å². The van der Waals surface area contributed by atoms with Crippen molar-refractivity contribution in [3.63, 3.8) is 0 Å². The van der Waals surface area contributed by atoms with Gasteiger partial charge in [0.15, 0.2) is 11.5 Å². The lowest BCUT2D eigenvalue weighted by molar-refractivity contribution is -0.113. The van der Waals surface area contributed by atoms with Crippen LogP contribution in [0.4, 0.5) is 11.6 Å². The van der Waals surface area contributed by atoms with E-state index in [2.05, 4.69) is 20.7 Å². The van der Waals surface area contributed by atoms with Gasteiger partial charge in [-0.15, -0.1) is 0 Å². The van der Waals surface area contributed by atoms with E-state index in [1.165, 1.54) is 13.4 Å². The van der Waals surface area contributed by atoms with E-state index in [-0.39, 0.29) is 5.91 Å². The molecule has 10 nitrogen and oxygen atoms in total. The van der Waals surface area contributed by atoms with E-state index in [0.29, 0.717) is 51.5 Å². The van der Waals surface area contributed by atoms with Crippen molar-refractivity contribution in [1.29, 1.82) is 0 Å². The number of hydrogen-bond acceptors (Lipinski definition) is 8. The second kappa shape index (κ2) is 9.11. The fourth-order valence-electron chi connectivity index (χ4n) is 3.89. The van der Waals surface area contributed by atoms with E-state index in [4.69, 9.17) is 18.9 Å². The van der Waals surface area contributed by atoms with Gasteiger partial charge in [0, 0.05) is 5.70 Å². The smallest absolute Gasteiger partial charge is 0.255 e. The molecule has 10 heteroatoms. The molecule has 1 atom stereocenters. The van der Waals surface area contributed by atoms with Crippen LogP contribution in [0.2, 0.25) is 0 Å². The number of benzene rings is 2. The molecule has 1 aromatic heterocycles. The highest BCUT2D eigenvalue weighted by atomic mass is 16.5. The number of ether oxygens (including phenoxy) is 4. The number of rotatable bonds is 7. The number of hydrogen-bond donors (Lipinski definition) is 2. The highest BCUT2D eigenvalue weighted by molar-refractivity contribution is 6.06. The summed E-state index contributed by atoms with van der Waals surface area (Å²) in [6, 6.07) is 10.2. The lowest BCUT2D eigenvalue weighted by Gasteiger charge is -2.29. The lowest BCUT2D eigenvalue weighted by atomic mass is 9.94. The number of nitrogens with one attached hydrogen (secondary N) is 2. The lowest BCUT2D eigenvalue weighted by Crippen LogP contribution is -2.31. The van der Waals surface area contributed by atoms with Gasteiger partial charge in [-0.3, -0.25) is 4.79 Å². The van der Waals surface area contributed by atoms with Gasteiger partial charge in [-0.25, -0.2) is 4.68 Å². The summed E-state index contributed by atoms with van der Waals surface area (Å²) in [7, 11) is 6.18. The SMILES string of the molecule is COc1ccccc1NC(=O)C1=C(C)Nc2ncnn2[C@H]1c1cc(OC)c(OC)c(OC)c1. The van der Waals surface area contributed by atoms with Crippen molar-refractivity contribution < 1.29 is 23.7 Å². The highest BCUT2D eigenvalue weighted by Crippen LogP contribution is 2.43. The van der Waals surface area contributed by atoms with Crippen LogP contribution in [-0.2, 0) is 4.79 Å². The van der Waals surface area contributed by atoms with Crippen molar-refractivity contribution in [1.82, 2.24) is 14.8 Å². The van der Waals surface area contributed by atoms with E-state index in [1.54, 1.807) is 50.3 Å². The molecule has 0 saturated carbocycles. The molecule has 0 fully saturated rings. The predicted octanol–water partition coefficient (Wildman–Crippen LogP) is 3.24. The van der Waals surface area contributed by atoms with Gasteiger partial charge < -0.3 is 29.6 Å². The van der Waals surface area contributed by atoms with E-state index in [9.17, 15) is 4.79 Å². The summed E-state index contributed by atoms with van der Waals surface area (Å²) < 4.78 is 23.5. The minimum atomic E-state index is -0.604. The number of allylic oxidation sites excluding steroid dienone is 1. The molecule has 4 rings (SSSR count). The Morgan fingerprint density at radius 2 is 1.67 bits per heavy atom. The molecule has 0 unspecified atom stereocenters. The predicted molar refractivity (Wildman–Crippen MR) is 122 cm³/mol. The molecule has 0 spiro atoms. The summed E-state index contributed by atoms with van der Waals surface area (Å²) >= 11 is 0. The fourth-order valence-corrected chi connectivity index (χ4v) is 3.89. The van der Waals surface area contributed by atoms with E-state index >= 15 is 0 Å². The molecule has 0 bridgehead atoms. The van der Waals surface area contributed by atoms with Gasteiger partial charge in [-0.2, -0.15) is 10.1 Å². The van der Waals surface area contributed by atoms with Gasteiger partial charge in [-0.05, 0) is 36.8 Å². The Bertz CT molecular complexity index is 1190. The standard InChI is InChI=1S/C23H25N5O5/c1-13-19(22(29)27-15-8-6-7-9-16(15)30-2)20(28-23(26-13)24-12-25-28)14-10-17(31-3)21(33-5)18(11-14)32-4/h6-12,20H,1-5H3,(H,27,29)(H,24,25,26)/t20-/m0/s1.